The van der Waals surface area contributed by atoms with Gasteiger partial charge in [0.05, 0.1) is 6.61 Å². The number of carbonyl (C=O) groups excluding carboxylic acids is 4. The van der Waals surface area contributed by atoms with Crippen LogP contribution in [-0.2, 0) is 24.0 Å². The molecule has 0 rings (SSSR count). The fraction of sp³-hybridized carbons (Fsp3) is 0.643. The van der Waals surface area contributed by atoms with Gasteiger partial charge in [-0.3, -0.25) is 24.0 Å². The molecule has 0 aromatic heterocycles. The van der Waals surface area contributed by atoms with Gasteiger partial charge in [0.1, 0.15) is 24.2 Å². The third-order valence-electron chi connectivity index (χ3n) is 3.41. The van der Waals surface area contributed by atoms with E-state index in [2.05, 4.69) is 28.6 Å². The van der Waals surface area contributed by atoms with Crippen molar-refractivity contribution in [2.24, 2.45) is 11.5 Å². The predicted octanol–water partition coefficient (Wildman–Crippen LogP) is -3.94. The Balaban J connectivity index is 4.98. The van der Waals surface area contributed by atoms with Crippen LogP contribution in [-0.4, -0.2) is 76.3 Å². The van der Waals surface area contributed by atoms with Crippen molar-refractivity contribution in [3.63, 3.8) is 0 Å². The van der Waals surface area contributed by atoms with Gasteiger partial charge in [0.15, 0.2) is 0 Å². The lowest BCUT2D eigenvalue weighted by Gasteiger charge is -2.22. The smallest absolute Gasteiger partial charge is 0.303 e. The van der Waals surface area contributed by atoms with Crippen molar-refractivity contribution >= 4 is 42.2 Å². The molecule has 0 aromatic carbocycles. The lowest BCUT2D eigenvalue weighted by Crippen LogP contribution is -2.57. The van der Waals surface area contributed by atoms with Gasteiger partial charge in [-0.2, -0.15) is 12.6 Å². The molecule has 0 heterocycles. The van der Waals surface area contributed by atoms with Crippen molar-refractivity contribution in [2.45, 2.75) is 43.9 Å². The Kier molecular flexibility index (Phi) is 11.0. The number of hydrogen-bond donors (Lipinski definition) is 8. The number of hydrogen-bond acceptors (Lipinski definition) is 8. The zero-order valence-corrected chi connectivity index (χ0v) is 15.6. The molecule has 0 aliphatic heterocycles. The van der Waals surface area contributed by atoms with Crippen LogP contribution < -0.4 is 27.4 Å². The van der Waals surface area contributed by atoms with E-state index in [-0.39, 0.29) is 12.2 Å². The molecule has 0 unspecified atom stereocenters. The molecule has 4 amide bonds. The summed E-state index contributed by atoms with van der Waals surface area (Å²) in [4.78, 5) is 57.9. The number of aliphatic hydroxyl groups is 1. The third-order valence-corrected chi connectivity index (χ3v) is 3.77. The number of primary amides is 1. The fourth-order valence-corrected chi connectivity index (χ4v) is 2.05. The molecule has 0 saturated heterocycles. The van der Waals surface area contributed by atoms with E-state index in [1.165, 1.54) is 6.92 Å². The zero-order chi connectivity index (χ0) is 21.1. The van der Waals surface area contributed by atoms with E-state index >= 15 is 0 Å². The van der Waals surface area contributed by atoms with E-state index in [9.17, 15) is 24.0 Å². The number of carbonyl (C=O) groups is 5. The number of nitrogens with two attached hydrogens (primary N) is 2. The van der Waals surface area contributed by atoms with Crippen LogP contribution in [0.5, 0.6) is 0 Å². The van der Waals surface area contributed by atoms with Gasteiger partial charge < -0.3 is 37.6 Å². The number of aliphatic carboxylic acids is 1. The van der Waals surface area contributed by atoms with Crippen molar-refractivity contribution < 1.29 is 34.2 Å². The highest BCUT2D eigenvalue weighted by Gasteiger charge is 2.27. The molecular weight excluding hydrogens is 382 g/mol. The highest BCUT2D eigenvalue weighted by Crippen LogP contribution is 2.00. The Morgan fingerprint density at radius 3 is 2.00 bits per heavy atom. The van der Waals surface area contributed by atoms with Crippen molar-refractivity contribution in [3.05, 3.63) is 0 Å². The molecule has 0 radical (unpaired) electrons. The molecule has 9 N–H and O–H groups in total. The molecule has 4 atom stereocenters. The first kappa shape index (κ1) is 24.6. The van der Waals surface area contributed by atoms with Crippen LogP contribution in [0.2, 0.25) is 0 Å². The normalized spacial score (nSPS) is 15.0. The van der Waals surface area contributed by atoms with E-state index in [1.807, 2.05) is 0 Å². The summed E-state index contributed by atoms with van der Waals surface area (Å²) in [7, 11) is 0. The molecule has 0 fully saturated rings. The first-order valence-electron chi connectivity index (χ1n) is 7.93. The number of carboxylic acids is 1. The van der Waals surface area contributed by atoms with Crippen LogP contribution in [0.4, 0.5) is 0 Å². The number of carboxylic acid groups (broad SMARTS) is 1. The predicted molar refractivity (Wildman–Crippen MR) is 96.4 cm³/mol. The molecule has 13 heteroatoms. The monoisotopic (exact) mass is 407 g/mol. The minimum Gasteiger partial charge on any atom is -0.481 e. The van der Waals surface area contributed by atoms with Crippen molar-refractivity contribution in [2.75, 3.05) is 12.4 Å². The van der Waals surface area contributed by atoms with Gasteiger partial charge in [-0.1, -0.05) is 0 Å². The summed E-state index contributed by atoms with van der Waals surface area (Å²) in [5, 5.41) is 24.4. The highest BCUT2D eigenvalue weighted by atomic mass is 32.1. The van der Waals surface area contributed by atoms with Gasteiger partial charge in [-0.05, 0) is 13.3 Å². The van der Waals surface area contributed by atoms with Crippen LogP contribution in [0.15, 0.2) is 0 Å². The van der Waals surface area contributed by atoms with E-state index in [4.69, 9.17) is 21.7 Å². The van der Waals surface area contributed by atoms with Crippen LogP contribution >= 0.6 is 12.6 Å². The molecule has 27 heavy (non-hydrogen) atoms. The van der Waals surface area contributed by atoms with Gasteiger partial charge in [0, 0.05) is 12.2 Å². The Morgan fingerprint density at radius 2 is 1.56 bits per heavy atom. The fourth-order valence-electron chi connectivity index (χ4n) is 1.78. The second-order valence-corrected chi connectivity index (χ2v) is 6.02. The molecule has 0 aliphatic carbocycles. The molecule has 0 bridgehead atoms. The van der Waals surface area contributed by atoms with Gasteiger partial charge in [-0.25, -0.2) is 0 Å². The van der Waals surface area contributed by atoms with Crippen LogP contribution in [0.25, 0.3) is 0 Å². The lowest BCUT2D eigenvalue weighted by atomic mass is 10.1. The first-order chi connectivity index (χ1) is 12.5. The standard InChI is InChI=1S/C14H25N5O7S/c1-6(12(24)19-9(5-27)11(16)23)17-14(26)8(2-3-10(21)22)18-13(25)7(15)4-20/h6-9,20,27H,2-5,15H2,1H3,(H2,16,23)(H,17,26)(H,18,25)(H,19,24)(H,21,22)/t6-,7-,8-,9-/m0/s1. The van der Waals surface area contributed by atoms with Gasteiger partial charge in [-0.15, -0.1) is 0 Å². The Labute approximate surface area is 160 Å². The van der Waals surface area contributed by atoms with Crippen LogP contribution in [0.1, 0.15) is 19.8 Å². The zero-order valence-electron chi connectivity index (χ0n) is 14.7. The van der Waals surface area contributed by atoms with Gasteiger partial charge >= 0.3 is 5.97 Å². The number of nitrogens with one attached hydrogen (secondary N) is 3. The second-order valence-electron chi connectivity index (χ2n) is 5.66. The summed E-state index contributed by atoms with van der Waals surface area (Å²) in [6.45, 7) is 0.648. The van der Waals surface area contributed by atoms with E-state index in [1.54, 1.807) is 0 Å². The van der Waals surface area contributed by atoms with Crippen molar-refractivity contribution in [1.29, 1.82) is 0 Å². The maximum absolute atomic E-state index is 12.3. The SMILES string of the molecule is C[C@H](NC(=O)[C@H](CCC(=O)O)NC(=O)[C@@H](N)CO)C(=O)N[C@@H](CS)C(N)=O. The number of thiol groups is 1. The average Bonchev–Trinajstić information content (AvgIpc) is 2.60. The molecule has 154 valence electrons. The number of rotatable bonds is 12. The average molecular weight is 407 g/mol. The van der Waals surface area contributed by atoms with Crippen molar-refractivity contribution in [1.82, 2.24) is 16.0 Å². The quantitative estimate of drug-likeness (QED) is 0.149. The molecule has 0 spiro atoms. The summed E-state index contributed by atoms with van der Waals surface area (Å²) in [6, 6.07) is -4.74. The Morgan fingerprint density at radius 1 is 1.00 bits per heavy atom. The molecule has 0 saturated carbocycles. The van der Waals surface area contributed by atoms with Crippen molar-refractivity contribution in [3.8, 4) is 0 Å². The minimum atomic E-state index is -1.29. The molecule has 0 aliphatic rings. The Bertz CT molecular complexity index is 574. The highest BCUT2D eigenvalue weighted by molar-refractivity contribution is 7.80. The lowest BCUT2D eigenvalue weighted by molar-refractivity contribution is -0.138. The third kappa shape index (κ3) is 9.21. The van der Waals surface area contributed by atoms with Gasteiger partial charge in [0.25, 0.3) is 0 Å². The molecular formula is C14H25N5O7S. The van der Waals surface area contributed by atoms with E-state index < -0.39 is 66.8 Å². The van der Waals surface area contributed by atoms with E-state index in [0.29, 0.717) is 0 Å². The maximum atomic E-state index is 12.3. The summed E-state index contributed by atoms with van der Waals surface area (Å²) < 4.78 is 0. The van der Waals surface area contributed by atoms with Crippen LogP contribution in [0, 0.1) is 0 Å². The molecule has 0 aromatic rings. The summed E-state index contributed by atoms with van der Waals surface area (Å²) in [6.07, 6.45) is -0.698. The summed E-state index contributed by atoms with van der Waals surface area (Å²) in [5.41, 5.74) is 10.4. The number of aliphatic hydroxyl groups excluding tert-OH is 1. The maximum Gasteiger partial charge on any atom is 0.303 e. The largest absolute Gasteiger partial charge is 0.481 e. The summed E-state index contributed by atoms with van der Waals surface area (Å²) >= 11 is 3.88. The minimum absolute atomic E-state index is 0.0436. The topological polar surface area (TPSA) is 214 Å². The van der Waals surface area contributed by atoms with E-state index in [0.717, 1.165) is 0 Å². The molecule has 12 nitrogen and oxygen atoms in total. The van der Waals surface area contributed by atoms with Crippen LogP contribution in [0.3, 0.4) is 0 Å². The Hall–Kier alpha value is -2.38. The van der Waals surface area contributed by atoms with Gasteiger partial charge in [0.2, 0.25) is 23.6 Å². The summed E-state index contributed by atoms with van der Waals surface area (Å²) in [5.74, 6) is -4.46. The number of amides is 4. The first-order valence-corrected chi connectivity index (χ1v) is 8.56. The second kappa shape index (κ2) is 12.1.